The monoisotopic (exact) mass is 430 g/mol. The number of nitrogens with one attached hydrogen (secondary N) is 2. The maximum Gasteiger partial charge on any atom is 0.256 e. The molecule has 2 N–H and O–H groups in total. The van der Waals surface area contributed by atoms with Crippen LogP contribution in [0, 0.1) is 4.77 Å². The summed E-state index contributed by atoms with van der Waals surface area (Å²) in [6, 6.07) is 0. The van der Waals surface area contributed by atoms with Gasteiger partial charge in [-0.2, -0.15) is 0 Å². The summed E-state index contributed by atoms with van der Waals surface area (Å²) in [6.45, 7) is 2.24. The van der Waals surface area contributed by atoms with Crippen molar-refractivity contribution >= 4 is 44.1 Å². The largest absolute Gasteiger partial charge is 0.335 e. The molecule has 0 aromatic carbocycles. The molecule has 0 radical (unpaired) electrons. The minimum Gasteiger partial charge on any atom is -0.335 e. The Labute approximate surface area is 143 Å². The second-order valence-electron chi connectivity index (χ2n) is 4.91. The van der Waals surface area contributed by atoms with Crippen molar-refractivity contribution in [3.8, 4) is 0 Å². The fourth-order valence-corrected chi connectivity index (χ4v) is 3.86. The average Bonchev–Trinajstić information content (AvgIpc) is 2.43. The molecule has 0 spiro atoms. The van der Waals surface area contributed by atoms with E-state index in [1.807, 2.05) is 0 Å². The number of pyridine rings is 1. The summed E-state index contributed by atoms with van der Waals surface area (Å²) >= 11 is 12.1. The quantitative estimate of drug-likeness (QED) is 0.717. The maximum absolute atomic E-state index is 12.0. The van der Waals surface area contributed by atoms with Crippen molar-refractivity contribution in [2.75, 3.05) is 6.54 Å². The summed E-state index contributed by atoms with van der Waals surface area (Å²) < 4.78 is 2.32. The smallest absolute Gasteiger partial charge is 0.256 e. The molecule has 0 fully saturated rings. The fourth-order valence-electron chi connectivity index (χ4n) is 2.46. The van der Waals surface area contributed by atoms with Crippen LogP contribution in [0.4, 0.5) is 0 Å². The number of H-pyrrole nitrogens is 2. The van der Waals surface area contributed by atoms with Crippen LogP contribution < -0.4 is 5.56 Å². The maximum atomic E-state index is 12.0. The van der Waals surface area contributed by atoms with E-state index in [1.165, 1.54) is 0 Å². The first kappa shape index (κ1) is 15.1. The van der Waals surface area contributed by atoms with Crippen LogP contribution in [0.2, 0.25) is 0 Å². The van der Waals surface area contributed by atoms with E-state index in [0.29, 0.717) is 11.3 Å². The van der Waals surface area contributed by atoms with Gasteiger partial charge >= 0.3 is 0 Å². The third-order valence-electron chi connectivity index (χ3n) is 3.52. The first-order valence-corrected chi connectivity index (χ1v) is 8.38. The van der Waals surface area contributed by atoms with Crippen molar-refractivity contribution in [3.63, 3.8) is 0 Å². The first-order chi connectivity index (χ1) is 10.0. The minimum absolute atomic E-state index is 0.0914. The van der Waals surface area contributed by atoms with Crippen LogP contribution in [0.15, 0.2) is 26.1 Å². The Bertz CT molecular complexity index is 781. The molecule has 21 heavy (non-hydrogen) atoms. The topological polar surface area (TPSA) is 64.8 Å². The predicted octanol–water partition coefficient (Wildman–Crippen LogP) is 2.91. The van der Waals surface area contributed by atoms with E-state index in [9.17, 15) is 4.79 Å². The molecule has 1 aliphatic rings. The predicted molar refractivity (Wildman–Crippen MR) is 89.7 cm³/mol. The molecule has 8 heteroatoms. The third-order valence-corrected chi connectivity index (χ3v) is 5.09. The Morgan fingerprint density at radius 3 is 2.71 bits per heavy atom. The summed E-state index contributed by atoms with van der Waals surface area (Å²) in [6.07, 6.45) is 4.35. The summed E-state index contributed by atoms with van der Waals surface area (Å²) in [5.41, 5.74) is 2.77. The van der Waals surface area contributed by atoms with Crippen LogP contribution in [0.5, 0.6) is 0 Å². The molecule has 2 aromatic rings. The number of aromatic nitrogens is 3. The molecule has 0 amide bonds. The fraction of sp³-hybridized carbons (Fsp3) is 0.308. The second kappa shape index (κ2) is 6.12. The van der Waals surface area contributed by atoms with Gasteiger partial charge in [0.15, 0.2) is 4.77 Å². The van der Waals surface area contributed by atoms with Gasteiger partial charge in [0.2, 0.25) is 0 Å². The normalized spacial score (nSPS) is 15.0. The summed E-state index contributed by atoms with van der Waals surface area (Å²) in [5.74, 6) is 0. The first-order valence-electron chi connectivity index (χ1n) is 6.39. The molecule has 0 aliphatic carbocycles. The van der Waals surface area contributed by atoms with Crippen molar-refractivity contribution in [1.29, 1.82) is 0 Å². The summed E-state index contributed by atoms with van der Waals surface area (Å²) in [5, 5.41) is 0. The van der Waals surface area contributed by atoms with E-state index in [4.69, 9.17) is 12.2 Å². The molecule has 5 nitrogen and oxygen atoms in total. The summed E-state index contributed by atoms with van der Waals surface area (Å²) in [4.78, 5) is 24.1. The highest BCUT2D eigenvalue weighted by atomic mass is 79.9. The number of hydrogen-bond donors (Lipinski definition) is 2. The lowest BCUT2D eigenvalue weighted by Gasteiger charge is -2.28. The van der Waals surface area contributed by atoms with Crippen molar-refractivity contribution in [2.45, 2.75) is 19.5 Å². The molecular weight excluding hydrogens is 420 g/mol. The Morgan fingerprint density at radius 1 is 1.29 bits per heavy atom. The van der Waals surface area contributed by atoms with Crippen molar-refractivity contribution in [2.24, 2.45) is 0 Å². The lowest BCUT2D eigenvalue weighted by atomic mass is 10.1. The molecule has 3 heterocycles. The highest BCUT2D eigenvalue weighted by Crippen LogP contribution is 2.26. The van der Waals surface area contributed by atoms with Gasteiger partial charge in [-0.25, -0.2) is 0 Å². The van der Waals surface area contributed by atoms with Gasteiger partial charge in [-0.1, -0.05) is 0 Å². The Morgan fingerprint density at radius 2 is 2.00 bits per heavy atom. The number of rotatable bonds is 2. The minimum atomic E-state index is -0.0914. The number of fused-ring (bicyclic) bond motifs is 1. The van der Waals surface area contributed by atoms with Gasteiger partial charge in [0.05, 0.1) is 5.56 Å². The van der Waals surface area contributed by atoms with Gasteiger partial charge in [-0.3, -0.25) is 19.7 Å². The van der Waals surface area contributed by atoms with Gasteiger partial charge in [0, 0.05) is 53.1 Å². The zero-order valence-corrected chi connectivity index (χ0v) is 14.9. The molecule has 1 aliphatic heterocycles. The molecule has 0 saturated carbocycles. The molecule has 3 rings (SSSR count). The molecule has 0 saturated heterocycles. The lowest BCUT2D eigenvalue weighted by Crippen LogP contribution is -2.35. The number of nitrogens with zero attached hydrogens (tertiary/aromatic N) is 2. The van der Waals surface area contributed by atoms with Gasteiger partial charge in [-0.15, -0.1) is 0 Å². The molecule has 0 atom stereocenters. The van der Waals surface area contributed by atoms with Gasteiger partial charge in [-0.05, 0) is 49.6 Å². The highest BCUT2D eigenvalue weighted by Gasteiger charge is 2.21. The molecule has 110 valence electrons. The lowest BCUT2D eigenvalue weighted by molar-refractivity contribution is 0.240. The van der Waals surface area contributed by atoms with Crippen LogP contribution in [0.25, 0.3) is 0 Å². The SMILES string of the molecule is O=c1[nH]c(=S)[nH]c2c1CN(Cc1c(Br)cncc1Br)CC2. The number of hydrogen-bond acceptors (Lipinski definition) is 4. The Hall–Kier alpha value is -0.830. The van der Waals surface area contributed by atoms with E-state index in [0.717, 1.165) is 45.3 Å². The average molecular weight is 432 g/mol. The van der Waals surface area contributed by atoms with Crippen molar-refractivity contribution < 1.29 is 0 Å². The van der Waals surface area contributed by atoms with Crippen LogP contribution in [0.3, 0.4) is 0 Å². The molecular formula is C13H12Br2N4OS. The number of halogens is 2. The molecule has 0 bridgehead atoms. The van der Waals surface area contributed by atoms with E-state index in [-0.39, 0.29) is 5.56 Å². The van der Waals surface area contributed by atoms with Crippen LogP contribution in [0.1, 0.15) is 16.8 Å². The highest BCUT2D eigenvalue weighted by molar-refractivity contribution is 9.11. The van der Waals surface area contributed by atoms with E-state index in [2.05, 4.69) is 51.7 Å². The van der Waals surface area contributed by atoms with E-state index >= 15 is 0 Å². The Kier molecular flexibility index (Phi) is 4.39. The van der Waals surface area contributed by atoms with Gasteiger partial charge in [0.1, 0.15) is 0 Å². The van der Waals surface area contributed by atoms with E-state index in [1.54, 1.807) is 12.4 Å². The zero-order valence-electron chi connectivity index (χ0n) is 10.9. The molecule has 0 unspecified atom stereocenters. The van der Waals surface area contributed by atoms with E-state index < -0.39 is 0 Å². The van der Waals surface area contributed by atoms with Crippen LogP contribution in [-0.4, -0.2) is 26.4 Å². The summed E-state index contributed by atoms with van der Waals surface area (Å²) in [7, 11) is 0. The van der Waals surface area contributed by atoms with Crippen LogP contribution >= 0.6 is 44.1 Å². The standard InChI is InChI=1S/C13H12Br2N4OS/c14-9-3-16-4-10(15)7(9)5-19-2-1-11-8(6-19)12(20)18-13(21)17-11/h3-4H,1-2,5-6H2,(H2,17,18,20,21). The van der Waals surface area contributed by atoms with Crippen molar-refractivity contribution in [3.05, 3.63) is 53.3 Å². The van der Waals surface area contributed by atoms with Gasteiger partial charge < -0.3 is 4.98 Å². The zero-order chi connectivity index (χ0) is 15.0. The Balaban J connectivity index is 1.87. The number of aromatic amines is 2. The van der Waals surface area contributed by atoms with Crippen LogP contribution in [-0.2, 0) is 19.5 Å². The van der Waals surface area contributed by atoms with Crippen molar-refractivity contribution in [1.82, 2.24) is 19.9 Å². The van der Waals surface area contributed by atoms with Gasteiger partial charge in [0.25, 0.3) is 5.56 Å². The second-order valence-corrected chi connectivity index (χ2v) is 7.02. The molecule has 2 aromatic heterocycles. The third kappa shape index (κ3) is 3.18.